The quantitative estimate of drug-likeness (QED) is 0.863. The van der Waals surface area contributed by atoms with Gasteiger partial charge in [0.15, 0.2) is 0 Å². The Morgan fingerprint density at radius 1 is 1.21 bits per heavy atom. The van der Waals surface area contributed by atoms with Gasteiger partial charge in [0.1, 0.15) is 5.75 Å². The summed E-state index contributed by atoms with van der Waals surface area (Å²) >= 11 is 0. The minimum absolute atomic E-state index is 0.415. The Morgan fingerprint density at radius 2 is 1.95 bits per heavy atom. The number of hydrogen-bond acceptors (Lipinski definition) is 2. The van der Waals surface area contributed by atoms with E-state index in [9.17, 15) is 0 Å². The zero-order chi connectivity index (χ0) is 13.7. The summed E-state index contributed by atoms with van der Waals surface area (Å²) in [7, 11) is 0. The molecule has 0 spiro atoms. The van der Waals surface area contributed by atoms with Crippen molar-refractivity contribution in [1.29, 1.82) is 0 Å². The van der Waals surface area contributed by atoms with Crippen LogP contribution in [0.1, 0.15) is 50.7 Å². The van der Waals surface area contributed by atoms with E-state index in [0.717, 1.165) is 24.8 Å². The van der Waals surface area contributed by atoms with Crippen LogP contribution >= 0.6 is 0 Å². The fourth-order valence-electron chi connectivity index (χ4n) is 2.79. The van der Waals surface area contributed by atoms with Crippen molar-refractivity contribution >= 4 is 0 Å². The largest absolute Gasteiger partial charge is 0.490 e. The second-order valence-electron chi connectivity index (χ2n) is 5.84. The Bertz CT molecular complexity index is 394. The van der Waals surface area contributed by atoms with E-state index >= 15 is 0 Å². The van der Waals surface area contributed by atoms with E-state index in [2.05, 4.69) is 44.3 Å². The molecule has 0 aromatic heterocycles. The third-order valence-electron chi connectivity index (χ3n) is 4.11. The number of benzene rings is 1. The number of hydrogen-bond donors (Lipinski definition) is 1. The Hall–Kier alpha value is -1.02. The van der Waals surface area contributed by atoms with Crippen molar-refractivity contribution in [2.75, 3.05) is 6.54 Å². The number of aryl methyl sites for hydroxylation is 1. The highest BCUT2D eigenvalue weighted by Gasteiger charge is 2.21. The van der Waals surface area contributed by atoms with Gasteiger partial charge < -0.3 is 10.1 Å². The monoisotopic (exact) mass is 261 g/mol. The molecule has 1 aromatic carbocycles. The van der Waals surface area contributed by atoms with E-state index in [-0.39, 0.29) is 0 Å². The first-order chi connectivity index (χ1) is 9.20. The molecule has 0 aliphatic heterocycles. The lowest BCUT2D eigenvalue weighted by Crippen LogP contribution is -2.24. The molecule has 2 rings (SSSR count). The molecule has 1 aliphatic rings. The lowest BCUT2D eigenvalue weighted by Gasteiger charge is -2.28. The van der Waals surface area contributed by atoms with Crippen molar-refractivity contribution in [1.82, 2.24) is 5.32 Å². The molecule has 1 aromatic rings. The van der Waals surface area contributed by atoms with Crippen LogP contribution in [0, 0.1) is 12.8 Å². The average Bonchev–Trinajstić information content (AvgIpc) is 2.42. The van der Waals surface area contributed by atoms with Crippen LogP contribution in [-0.2, 0) is 6.54 Å². The molecule has 0 saturated heterocycles. The first kappa shape index (κ1) is 14.4. The Labute approximate surface area is 117 Å². The first-order valence-electron chi connectivity index (χ1n) is 7.66. The van der Waals surface area contributed by atoms with Crippen molar-refractivity contribution < 1.29 is 4.74 Å². The molecule has 0 atom stereocenters. The maximum atomic E-state index is 6.32. The van der Waals surface area contributed by atoms with E-state index < -0.39 is 0 Å². The van der Waals surface area contributed by atoms with E-state index in [0.29, 0.717) is 6.10 Å². The molecule has 0 radical (unpaired) electrons. The van der Waals surface area contributed by atoms with E-state index in [4.69, 9.17) is 4.74 Å². The molecule has 1 fully saturated rings. The highest BCUT2D eigenvalue weighted by atomic mass is 16.5. The summed E-state index contributed by atoms with van der Waals surface area (Å²) in [6, 6.07) is 6.45. The van der Waals surface area contributed by atoms with Crippen LogP contribution in [0.3, 0.4) is 0 Å². The molecule has 1 saturated carbocycles. The van der Waals surface area contributed by atoms with Crippen LogP contribution < -0.4 is 10.1 Å². The smallest absolute Gasteiger partial charge is 0.127 e. The first-order valence-corrected chi connectivity index (χ1v) is 7.66. The molecule has 1 N–H and O–H groups in total. The lowest BCUT2D eigenvalue weighted by atomic mass is 9.89. The van der Waals surface area contributed by atoms with Crippen LogP contribution in [0.5, 0.6) is 5.75 Å². The van der Waals surface area contributed by atoms with Gasteiger partial charge in [0, 0.05) is 12.1 Å². The van der Waals surface area contributed by atoms with Gasteiger partial charge in [0.05, 0.1) is 6.10 Å². The summed E-state index contributed by atoms with van der Waals surface area (Å²) in [5.41, 5.74) is 2.55. The van der Waals surface area contributed by atoms with Crippen LogP contribution in [0.25, 0.3) is 0 Å². The predicted octanol–water partition coefficient (Wildman–Crippen LogP) is 4.06. The molecule has 0 heterocycles. The van der Waals surface area contributed by atoms with Gasteiger partial charge >= 0.3 is 0 Å². The topological polar surface area (TPSA) is 21.3 Å². The van der Waals surface area contributed by atoms with Crippen molar-refractivity contribution in [3.05, 3.63) is 29.3 Å². The maximum absolute atomic E-state index is 6.32. The molecule has 1 aliphatic carbocycles. The highest BCUT2D eigenvalue weighted by Crippen LogP contribution is 2.30. The minimum Gasteiger partial charge on any atom is -0.490 e. The summed E-state index contributed by atoms with van der Waals surface area (Å²) in [5, 5.41) is 3.40. The van der Waals surface area contributed by atoms with Crippen LogP contribution in [0.4, 0.5) is 0 Å². The fraction of sp³-hybridized carbons (Fsp3) is 0.647. The van der Waals surface area contributed by atoms with E-state index in [1.165, 1.54) is 36.8 Å². The van der Waals surface area contributed by atoms with Gasteiger partial charge in [-0.2, -0.15) is 0 Å². The van der Waals surface area contributed by atoms with E-state index in [1.54, 1.807) is 0 Å². The zero-order valence-corrected chi connectivity index (χ0v) is 12.5. The van der Waals surface area contributed by atoms with Crippen molar-refractivity contribution in [2.24, 2.45) is 5.92 Å². The molecule has 0 amide bonds. The molecule has 2 heteroatoms. The van der Waals surface area contributed by atoms with Crippen LogP contribution in [0.15, 0.2) is 18.2 Å². The second-order valence-corrected chi connectivity index (χ2v) is 5.84. The predicted molar refractivity (Wildman–Crippen MR) is 80.6 cm³/mol. The Kier molecular flexibility index (Phi) is 5.26. The highest BCUT2D eigenvalue weighted by molar-refractivity contribution is 5.40. The van der Waals surface area contributed by atoms with Crippen LogP contribution in [-0.4, -0.2) is 12.6 Å². The van der Waals surface area contributed by atoms with Gasteiger partial charge in [-0.15, -0.1) is 0 Å². The molecule has 2 nitrogen and oxygen atoms in total. The number of para-hydroxylation sites is 1. The van der Waals surface area contributed by atoms with Crippen molar-refractivity contribution in [3.63, 3.8) is 0 Å². The van der Waals surface area contributed by atoms with Crippen LogP contribution in [0.2, 0.25) is 0 Å². The Morgan fingerprint density at radius 3 is 2.63 bits per heavy atom. The van der Waals surface area contributed by atoms with Gasteiger partial charge in [-0.05, 0) is 50.6 Å². The fourth-order valence-corrected chi connectivity index (χ4v) is 2.79. The number of ether oxygens (including phenoxy) is 1. The zero-order valence-electron chi connectivity index (χ0n) is 12.5. The average molecular weight is 261 g/mol. The van der Waals surface area contributed by atoms with Crippen molar-refractivity contribution in [2.45, 2.75) is 59.1 Å². The Balaban J connectivity index is 2.05. The van der Waals surface area contributed by atoms with Gasteiger partial charge in [0.25, 0.3) is 0 Å². The molecule has 106 valence electrons. The van der Waals surface area contributed by atoms with Gasteiger partial charge in [-0.1, -0.05) is 32.0 Å². The van der Waals surface area contributed by atoms with Crippen molar-refractivity contribution in [3.8, 4) is 5.75 Å². The molecule has 0 bridgehead atoms. The molecular formula is C17H27NO. The van der Waals surface area contributed by atoms with E-state index in [1.807, 2.05) is 0 Å². The third-order valence-corrected chi connectivity index (χ3v) is 4.11. The summed E-state index contributed by atoms with van der Waals surface area (Å²) in [6.45, 7) is 8.53. The summed E-state index contributed by atoms with van der Waals surface area (Å²) in [5.74, 6) is 1.99. The summed E-state index contributed by atoms with van der Waals surface area (Å²) < 4.78 is 6.32. The standard InChI is InChI=1S/C17H27NO/c1-4-18-12-15-7-5-6-14(3)17(15)19-16-10-8-13(2)9-11-16/h5-7,13,16,18H,4,8-12H2,1-3H3. The molecule has 0 unspecified atom stereocenters. The maximum Gasteiger partial charge on any atom is 0.127 e. The minimum atomic E-state index is 0.415. The molecular weight excluding hydrogens is 234 g/mol. The number of rotatable bonds is 5. The van der Waals surface area contributed by atoms with Gasteiger partial charge in [-0.25, -0.2) is 0 Å². The normalized spacial score (nSPS) is 23.3. The number of nitrogens with one attached hydrogen (secondary N) is 1. The lowest BCUT2D eigenvalue weighted by molar-refractivity contribution is 0.133. The second kappa shape index (κ2) is 6.95. The molecule has 19 heavy (non-hydrogen) atoms. The van der Waals surface area contributed by atoms with Gasteiger partial charge in [0.2, 0.25) is 0 Å². The van der Waals surface area contributed by atoms with Gasteiger partial charge in [-0.3, -0.25) is 0 Å². The SMILES string of the molecule is CCNCc1cccc(C)c1OC1CCC(C)CC1. The summed E-state index contributed by atoms with van der Waals surface area (Å²) in [6.07, 6.45) is 5.43. The third kappa shape index (κ3) is 3.97. The summed E-state index contributed by atoms with van der Waals surface area (Å²) in [4.78, 5) is 0.